The average molecular weight is 207 g/mol. The number of hydrogen-bond donors (Lipinski definition) is 2. The van der Waals surface area contributed by atoms with E-state index < -0.39 is 0 Å². The van der Waals surface area contributed by atoms with Crippen molar-refractivity contribution in [2.75, 3.05) is 13.1 Å². The molecule has 0 bridgehead atoms. The summed E-state index contributed by atoms with van der Waals surface area (Å²) >= 11 is 0. The zero-order valence-electron chi connectivity index (χ0n) is 8.99. The molecule has 0 aliphatic carbocycles. The molecule has 0 spiro atoms. The highest BCUT2D eigenvalue weighted by Gasteiger charge is 2.00. The largest absolute Gasteiger partial charge is 0.353 e. The Morgan fingerprint density at radius 3 is 3.07 bits per heavy atom. The number of rotatable bonds is 6. The molecule has 1 aromatic rings. The summed E-state index contributed by atoms with van der Waals surface area (Å²) in [6.45, 7) is 5.08. The van der Waals surface area contributed by atoms with Gasteiger partial charge in [-0.2, -0.15) is 0 Å². The second-order valence-corrected chi connectivity index (χ2v) is 3.31. The number of amides is 1. The van der Waals surface area contributed by atoms with E-state index in [9.17, 15) is 4.79 Å². The lowest BCUT2D eigenvalue weighted by molar-refractivity contribution is -0.120. The van der Waals surface area contributed by atoms with Gasteiger partial charge >= 0.3 is 0 Å². The molecule has 0 aliphatic heterocycles. The van der Waals surface area contributed by atoms with Gasteiger partial charge in [0.15, 0.2) is 0 Å². The Hall–Kier alpha value is -1.55. The maximum Gasteiger partial charge on any atom is 0.234 e. The quantitative estimate of drug-likeness (QED) is 0.664. The summed E-state index contributed by atoms with van der Waals surface area (Å²) in [6, 6.07) is 4.00. The monoisotopic (exact) mass is 207 g/mol. The second kappa shape index (κ2) is 6.03. The number of nitrogens with zero attached hydrogens (tertiary/aromatic N) is 1. The number of carbonyl (C=O) groups excluding carboxylic acids is 1. The van der Waals surface area contributed by atoms with E-state index in [2.05, 4.69) is 17.2 Å². The molecule has 2 N–H and O–H groups in total. The Labute approximate surface area is 90.0 Å². The summed E-state index contributed by atoms with van der Waals surface area (Å²) in [4.78, 5) is 11.2. The molecule has 1 aromatic heterocycles. The molecule has 0 fully saturated rings. The third-order valence-corrected chi connectivity index (χ3v) is 2.09. The first-order valence-electron chi connectivity index (χ1n) is 4.92. The minimum atomic E-state index is -0.0101. The van der Waals surface area contributed by atoms with Crippen LogP contribution in [-0.4, -0.2) is 23.6 Å². The lowest BCUT2D eigenvalue weighted by atomic mass is 10.4. The molecule has 4 heteroatoms. The van der Waals surface area contributed by atoms with E-state index in [1.807, 2.05) is 29.9 Å². The van der Waals surface area contributed by atoms with Crippen LogP contribution in [0.5, 0.6) is 0 Å². The maximum atomic E-state index is 11.2. The van der Waals surface area contributed by atoms with Gasteiger partial charge in [-0.05, 0) is 12.1 Å². The maximum absolute atomic E-state index is 11.2. The van der Waals surface area contributed by atoms with Crippen LogP contribution in [0.25, 0.3) is 0 Å². The normalized spacial score (nSPS) is 9.93. The first-order valence-corrected chi connectivity index (χ1v) is 4.92. The van der Waals surface area contributed by atoms with E-state index in [0.717, 1.165) is 5.69 Å². The summed E-state index contributed by atoms with van der Waals surface area (Å²) < 4.78 is 2.02. The fourth-order valence-corrected chi connectivity index (χ4v) is 1.23. The fourth-order valence-electron chi connectivity index (χ4n) is 1.23. The van der Waals surface area contributed by atoms with E-state index in [0.29, 0.717) is 19.6 Å². The second-order valence-electron chi connectivity index (χ2n) is 3.31. The Bertz CT molecular complexity index is 330. The Morgan fingerprint density at radius 1 is 1.67 bits per heavy atom. The molecule has 0 atom stereocenters. The zero-order valence-corrected chi connectivity index (χ0v) is 8.99. The first kappa shape index (κ1) is 11.5. The fraction of sp³-hybridized carbons (Fsp3) is 0.364. The van der Waals surface area contributed by atoms with E-state index >= 15 is 0 Å². The van der Waals surface area contributed by atoms with Gasteiger partial charge in [-0.15, -0.1) is 6.58 Å². The molecular formula is C11H17N3O. The van der Waals surface area contributed by atoms with Gasteiger partial charge in [-0.3, -0.25) is 4.79 Å². The third kappa shape index (κ3) is 3.99. The first-order chi connectivity index (χ1) is 7.24. The highest BCUT2D eigenvalue weighted by molar-refractivity contribution is 5.78. The lowest BCUT2D eigenvalue weighted by Crippen LogP contribution is -2.33. The van der Waals surface area contributed by atoms with Crippen LogP contribution >= 0.6 is 0 Å². The molecule has 82 valence electrons. The molecule has 0 radical (unpaired) electrons. The van der Waals surface area contributed by atoms with Gasteiger partial charge in [-0.25, -0.2) is 0 Å². The molecule has 0 unspecified atom stereocenters. The molecule has 0 saturated carbocycles. The molecule has 0 aromatic carbocycles. The van der Waals surface area contributed by atoms with Crippen LogP contribution in [0.1, 0.15) is 5.69 Å². The number of aryl methyl sites for hydroxylation is 1. The molecule has 15 heavy (non-hydrogen) atoms. The zero-order chi connectivity index (χ0) is 11.1. The van der Waals surface area contributed by atoms with Crippen LogP contribution in [0.15, 0.2) is 31.0 Å². The van der Waals surface area contributed by atoms with Crippen molar-refractivity contribution in [3.8, 4) is 0 Å². The molecule has 0 saturated heterocycles. The van der Waals surface area contributed by atoms with Crippen LogP contribution < -0.4 is 10.6 Å². The predicted octanol–water partition coefficient (Wildman–Crippen LogP) is 0.417. The molecule has 1 amide bonds. The van der Waals surface area contributed by atoms with Crippen molar-refractivity contribution >= 4 is 5.91 Å². The van der Waals surface area contributed by atoms with Gasteiger partial charge in [0, 0.05) is 32.0 Å². The van der Waals surface area contributed by atoms with Gasteiger partial charge in [0.1, 0.15) is 0 Å². The van der Waals surface area contributed by atoms with Crippen molar-refractivity contribution in [3.05, 3.63) is 36.7 Å². The topological polar surface area (TPSA) is 46.1 Å². The van der Waals surface area contributed by atoms with Gasteiger partial charge in [-0.1, -0.05) is 6.08 Å². The summed E-state index contributed by atoms with van der Waals surface area (Å²) in [7, 11) is 1.98. The van der Waals surface area contributed by atoms with Gasteiger partial charge in [0.2, 0.25) is 5.91 Å². The minimum Gasteiger partial charge on any atom is -0.353 e. The SMILES string of the molecule is C=CCNC(=O)CNCc1cccn1C. The minimum absolute atomic E-state index is 0.0101. The molecular weight excluding hydrogens is 190 g/mol. The average Bonchev–Trinajstić information content (AvgIpc) is 2.61. The van der Waals surface area contributed by atoms with E-state index in [4.69, 9.17) is 0 Å². The van der Waals surface area contributed by atoms with Crippen LogP contribution in [0.2, 0.25) is 0 Å². The number of aromatic nitrogens is 1. The van der Waals surface area contributed by atoms with Crippen LogP contribution in [-0.2, 0) is 18.4 Å². The summed E-state index contributed by atoms with van der Waals surface area (Å²) in [5.74, 6) is -0.0101. The molecule has 1 rings (SSSR count). The lowest BCUT2D eigenvalue weighted by Gasteiger charge is -2.06. The van der Waals surface area contributed by atoms with Crippen molar-refractivity contribution in [2.45, 2.75) is 6.54 Å². The Morgan fingerprint density at radius 2 is 2.47 bits per heavy atom. The van der Waals surface area contributed by atoms with Crippen molar-refractivity contribution in [1.82, 2.24) is 15.2 Å². The van der Waals surface area contributed by atoms with Crippen molar-refractivity contribution in [3.63, 3.8) is 0 Å². The van der Waals surface area contributed by atoms with Crippen LogP contribution in [0.4, 0.5) is 0 Å². The Kier molecular flexibility index (Phi) is 4.63. The van der Waals surface area contributed by atoms with E-state index in [1.54, 1.807) is 6.08 Å². The molecule has 4 nitrogen and oxygen atoms in total. The van der Waals surface area contributed by atoms with Crippen molar-refractivity contribution in [1.29, 1.82) is 0 Å². The van der Waals surface area contributed by atoms with Gasteiger partial charge in [0.25, 0.3) is 0 Å². The number of nitrogens with one attached hydrogen (secondary N) is 2. The number of hydrogen-bond acceptors (Lipinski definition) is 2. The third-order valence-electron chi connectivity index (χ3n) is 2.09. The van der Waals surface area contributed by atoms with Gasteiger partial charge in [0.05, 0.1) is 6.54 Å². The van der Waals surface area contributed by atoms with Crippen LogP contribution in [0.3, 0.4) is 0 Å². The van der Waals surface area contributed by atoms with Gasteiger partial charge < -0.3 is 15.2 Å². The van der Waals surface area contributed by atoms with Crippen molar-refractivity contribution in [2.24, 2.45) is 7.05 Å². The highest BCUT2D eigenvalue weighted by Crippen LogP contribution is 1.97. The number of carbonyl (C=O) groups is 1. The van der Waals surface area contributed by atoms with Crippen LogP contribution in [0, 0.1) is 0 Å². The Balaban J connectivity index is 2.19. The predicted molar refractivity (Wildman–Crippen MR) is 60.3 cm³/mol. The molecule has 0 aliphatic rings. The van der Waals surface area contributed by atoms with E-state index in [1.165, 1.54) is 0 Å². The molecule has 1 heterocycles. The standard InChI is InChI=1S/C11H17N3O/c1-3-6-13-11(15)9-12-8-10-5-4-7-14(10)2/h3-5,7,12H,1,6,8-9H2,2H3,(H,13,15). The summed E-state index contributed by atoms with van der Waals surface area (Å²) in [5.41, 5.74) is 1.16. The summed E-state index contributed by atoms with van der Waals surface area (Å²) in [5, 5.41) is 5.77. The highest BCUT2D eigenvalue weighted by atomic mass is 16.1. The van der Waals surface area contributed by atoms with E-state index in [-0.39, 0.29) is 5.91 Å². The smallest absolute Gasteiger partial charge is 0.234 e. The summed E-state index contributed by atoms with van der Waals surface area (Å²) in [6.07, 6.45) is 3.64. The van der Waals surface area contributed by atoms with Crippen molar-refractivity contribution < 1.29 is 4.79 Å².